The number of rotatable bonds is 31. The lowest BCUT2D eigenvalue weighted by Gasteiger charge is -2.26. The first-order valence-corrected chi connectivity index (χ1v) is 17.3. The van der Waals surface area contributed by atoms with Gasteiger partial charge in [-0.05, 0) is 12.8 Å². The molecule has 0 unspecified atom stereocenters. The summed E-state index contributed by atoms with van der Waals surface area (Å²) < 4.78 is 0. The Bertz CT molecular complexity index is 502. The fourth-order valence-corrected chi connectivity index (χ4v) is 5.45. The Kier molecular flexibility index (Phi) is 29.8. The number of aliphatic hydroxyl groups excluding tert-OH is 3. The molecule has 0 aromatic carbocycles. The third kappa shape index (κ3) is 26.0. The minimum absolute atomic E-state index is 0.145. The first kappa shape index (κ1) is 38.4. The van der Waals surface area contributed by atoms with Crippen LogP contribution in [0.15, 0.2) is 0 Å². The van der Waals surface area contributed by atoms with Crippen LogP contribution in [0.3, 0.4) is 0 Å². The third-order valence-corrected chi connectivity index (χ3v) is 8.21. The average Bonchev–Trinajstić information content (AvgIpc) is 2.94. The van der Waals surface area contributed by atoms with Gasteiger partial charge in [0.05, 0.1) is 18.8 Å². The van der Waals surface area contributed by atoms with Gasteiger partial charge in [-0.15, -0.1) is 0 Å². The quantitative estimate of drug-likeness (QED) is 0.0644. The molecule has 0 rings (SSSR count). The molecule has 0 heterocycles. The van der Waals surface area contributed by atoms with Crippen LogP contribution in [-0.2, 0) is 4.79 Å². The molecule has 0 aromatic rings. The van der Waals surface area contributed by atoms with Crippen molar-refractivity contribution in [2.24, 2.45) is 0 Å². The summed E-state index contributed by atoms with van der Waals surface area (Å²) in [5.41, 5.74) is 0. The molecule has 0 saturated carbocycles. The monoisotopic (exact) mass is 556 g/mol. The Labute approximate surface area is 243 Å². The second kappa shape index (κ2) is 30.3. The molecule has 0 saturated heterocycles. The summed E-state index contributed by atoms with van der Waals surface area (Å²) >= 11 is 0. The number of hydrogen-bond donors (Lipinski definition) is 4. The molecule has 0 fully saturated rings. The van der Waals surface area contributed by atoms with E-state index in [1.54, 1.807) is 0 Å². The summed E-state index contributed by atoms with van der Waals surface area (Å²) in [6.07, 6.45) is 30.6. The van der Waals surface area contributed by atoms with Gasteiger partial charge in [-0.1, -0.05) is 168 Å². The number of carbonyl (C=O) groups excluding carboxylic acids is 1. The Morgan fingerprint density at radius 1 is 0.538 bits per heavy atom. The van der Waals surface area contributed by atoms with Crippen LogP contribution in [0.1, 0.15) is 187 Å². The van der Waals surface area contributed by atoms with Crippen molar-refractivity contribution in [1.29, 1.82) is 0 Å². The Balaban J connectivity index is 3.62. The lowest BCUT2D eigenvalue weighted by Crippen LogP contribution is -2.50. The Hall–Kier alpha value is -0.650. The van der Waals surface area contributed by atoms with E-state index in [0.717, 1.165) is 38.5 Å². The van der Waals surface area contributed by atoms with Crippen molar-refractivity contribution in [2.75, 3.05) is 6.61 Å². The van der Waals surface area contributed by atoms with E-state index in [-0.39, 0.29) is 12.5 Å². The SMILES string of the molecule is CCCCCCCCCCCCCCCCCCCC(=O)N[C@@H](CO)[C@H](O)[C@H](O)CCCCCCCCCC. The molecular weight excluding hydrogens is 486 g/mol. The number of amides is 1. The van der Waals surface area contributed by atoms with Crippen molar-refractivity contribution < 1.29 is 20.1 Å². The molecule has 1 amide bonds. The van der Waals surface area contributed by atoms with E-state index in [9.17, 15) is 20.1 Å². The minimum Gasteiger partial charge on any atom is -0.394 e. The van der Waals surface area contributed by atoms with Crippen LogP contribution in [0.5, 0.6) is 0 Å². The summed E-state index contributed by atoms with van der Waals surface area (Å²) in [6.45, 7) is 4.13. The van der Waals surface area contributed by atoms with Crippen LogP contribution in [0, 0.1) is 0 Å². The highest BCUT2D eigenvalue weighted by Gasteiger charge is 2.26. The zero-order valence-corrected chi connectivity index (χ0v) is 26.3. The number of unbranched alkanes of at least 4 members (excludes halogenated alkanes) is 23. The van der Waals surface area contributed by atoms with Gasteiger partial charge in [-0.3, -0.25) is 4.79 Å². The lowest BCUT2D eigenvalue weighted by molar-refractivity contribution is -0.124. The normalized spacial score (nSPS) is 13.9. The molecule has 0 aliphatic heterocycles. The van der Waals surface area contributed by atoms with E-state index < -0.39 is 18.2 Å². The predicted octanol–water partition coefficient (Wildman–Crippen LogP) is 8.76. The largest absolute Gasteiger partial charge is 0.394 e. The van der Waals surface area contributed by atoms with Gasteiger partial charge >= 0.3 is 0 Å². The molecule has 0 aliphatic carbocycles. The van der Waals surface area contributed by atoms with Gasteiger partial charge in [0.25, 0.3) is 0 Å². The maximum absolute atomic E-state index is 12.3. The van der Waals surface area contributed by atoms with E-state index in [4.69, 9.17) is 0 Å². The number of carbonyl (C=O) groups is 1. The highest BCUT2D eigenvalue weighted by atomic mass is 16.3. The van der Waals surface area contributed by atoms with Crippen molar-refractivity contribution in [3.05, 3.63) is 0 Å². The molecule has 5 nitrogen and oxygen atoms in total. The highest BCUT2D eigenvalue weighted by Crippen LogP contribution is 2.15. The van der Waals surface area contributed by atoms with E-state index in [1.807, 2.05) is 0 Å². The van der Waals surface area contributed by atoms with Gasteiger partial charge in [0.15, 0.2) is 0 Å². The molecule has 5 heteroatoms. The summed E-state index contributed by atoms with van der Waals surface area (Å²) in [4.78, 5) is 12.3. The van der Waals surface area contributed by atoms with Gasteiger partial charge in [0.2, 0.25) is 5.91 Å². The molecule has 0 radical (unpaired) electrons. The standard InChI is InChI=1S/C34H69NO4/c1-3-5-7-9-11-13-14-15-16-17-18-19-20-21-23-25-27-29-33(38)35-31(30-36)34(39)32(37)28-26-24-22-12-10-8-6-4-2/h31-32,34,36-37,39H,3-30H2,1-2H3,(H,35,38)/t31-,32+,34-/m0/s1. The topological polar surface area (TPSA) is 89.8 Å². The third-order valence-electron chi connectivity index (χ3n) is 8.21. The van der Waals surface area contributed by atoms with Crippen LogP contribution in [0.4, 0.5) is 0 Å². The molecule has 0 aromatic heterocycles. The van der Waals surface area contributed by atoms with Crippen molar-refractivity contribution in [1.82, 2.24) is 5.32 Å². The van der Waals surface area contributed by atoms with Gasteiger partial charge in [-0.25, -0.2) is 0 Å². The zero-order valence-electron chi connectivity index (χ0n) is 26.3. The van der Waals surface area contributed by atoms with Crippen LogP contribution >= 0.6 is 0 Å². The smallest absolute Gasteiger partial charge is 0.220 e. The van der Waals surface area contributed by atoms with Gasteiger partial charge < -0.3 is 20.6 Å². The second-order valence-electron chi connectivity index (χ2n) is 12.1. The minimum atomic E-state index is -1.13. The lowest BCUT2D eigenvalue weighted by atomic mass is 9.99. The average molecular weight is 556 g/mol. The van der Waals surface area contributed by atoms with E-state index in [1.165, 1.54) is 122 Å². The first-order chi connectivity index (χ1) is 19.1. The summed E-state index contributed by atoms with van der Waals surface area (Å²) in [5.74, 6) is -0.145. The molecule has 4 N–H and O–H groups in total. The van der Waals surface area contributed by atoms with Crippen LogP contribution in [0.2, 0.25) is 0 Å². The van der Waals surface area contributed by atoms with Crippen molar-refractivity contribution in [2.45, 2.75) is 205 Å². The van der Waals surface area contributed by atoms with Crippen molar-refractivity contribution >= 4 is 5.91 Å². The van der Waals surface area contributed by atoms with E-state index in [0.29, 0.717) is 12.8 Å². The number of aliphatic hydroxyl groups is 3. The molecule has 3 atom stereocenters. The molecule has 0 aliphatic rings. The zero-order chi connectivity index (χ0) is 28.8. The number of hydrogen-bond acceptors (Lipinski definition) is 4. The molecule has 0 bridgehead atoms. The van der Waals surface area contributed by atoms with E-state index in [2.05, 4.69) is 19.2 Å². The van der Waals surface area contributed by atoms with Gasteiger partial charge in [-0.2, -0.15) is 0 Å². The van der Waals surface area contributed by atoms with Crippen molar-refractivity contribution in [3.63, 3.8) is 0 Å². The van der Waals surface area contributed by atoms with Gasteiger partial charge in [0.1, 0.15) is 6.10 Å². The fraction of sp³-hybridized carbons (Fsp3) is 0.971. The molecule has 0 spiro atoms. The molecule has 234 valence electrons. The van der Waals surface area contributed by atoms with Crippen LogP contribution in [-0.4, -0.2) is 46.1 Å². The Morgan fingerprint density at radius 3 is 1.23 bits per heavy atom. The molecule has 39 heavy (non-hydrogen) atoms. The summed E-state index contributed by atoms with van der Waals surface area (Å²) in [6, 6.07) is -0.799. The maximum atomic E-state index is 12.3. The maximum Gasteiger partial charge on any atom is 0.220 e. The summed E-state index contributed by atoms with van der Waals surface area (Å²) in [7, 11) is 0. The predicted molar refractivity (Wildman–Crippen MR) is 167 cm³/mol. The number of nitrogens with one attached hydrogen (secondary N) is 1. The first-order valence-electron chi connectivity index (χ1n) is 17.3. The van der Waals surface area contributed by atoms with E-state index >= 15 is 0 Å². The fourth-order valence-electron chi connectivity index (χ4n) is 5.45. The highest BCUT2D eigenvalue weighted by molar-refractivity contribution is 5.76. The van der Waals surface area contributed by atoms with Crippen LogP contribution in [0.25, 0.3) is 0 Å². The Morgan fingerprint density at radius 2 is 0.872 bits per heavy atom. The van der Waals surface area contributed by atoms with Crippen LogP contribution < -0.4 is 5.32 Å². The van der Waals surface area contributed by atoms with Gasteiger partial charge in [0, 0.05) is 6.42 Å². The molecular formula is C34H69NO4. The summed E-state index contributed by atoms with van der Waals surface area (Å²) in [5, 5.41) is 33.1. The second-order valence-corrected chi connectivity index (χ2v) is 12.1. The van der Waals surface area contributed by atoms with Crippen molar-refractivity contribution in [3.8, 4) is 0 Å².